The van der Waals surface area contributed by atoms with Gasteiger partial charge in [0, 0.05) is 6.61 Å². The van der Waals surface area contributed by atoms with Crippen LogP contribution in [0.15, 0.2) is 0 Å². The van der Waals surface area contributed by atoms with Gasteiger partial charge in [-0.15, -0.1) is 0 Å². The van der Waals surface area contributed by atoms with Gasteiger partial charge in [0.1, 0.15) is 0 Å². The van der Waals surface area contributed by atoms with Crippen LogP contribution in [-0.4, -0.2) is 36.2 Å². The molecule has 1 saturated heterocycles. The van der Waals surface area contributed by atoms with Crippen molar-refractivity contribution in [1.82, 2.24) is 4.90 Å². The number of piperidine rings is 1. The van der Waals surface area contributed by atoms with Gasteiger partial charge in [0.2, 0.25) is 0 Å². The first-order valence-electron chi connectivity index (χ1n) is 8.53. The van der Waals surface area contributed by atoms with E-state index in [1.807, 2.05) is 0 Å². The Bertz CT molecular complexity index is 209. The third-order valence-electron chi connectivity index (χ3n) is 4.83. The maximum Gasteiger partial charge on any atom is 0.0431 e. The molecule has 0 unspecified atom stereocenters. The summed E-state index contributed by atoms with van der Waals surface area (Å²) in [6, 6.07) is 0. The molecule has 1 fully saturated rings. The Morgan fingerprint density at radius 2 is 1.63 bits per heavy atom. The molecule has 0 aromatic heterocycles. The van der Waals surface area contributed by atoms with Crippen molar-refractivity contribution in [3.8, 4) is 0 Å². The summed E-state index contributed by atoms with van der Waals surface area (Å²) < 4.78 is 0. The maximum absolute atomic E-state index is 8.82. The summed E-state index contributed by atoms with van der Waals surface area (Å²) in [7, 11) is 0. The van der Waals surface area contributed by atoms with E-state index in [1.54, 1.807) is 0 Å². The lowest BCUT2D eigenvalue weighted by atomic mass is 9.76. The molecule has 2 heteroatoms. The largest absolute Gasteiger partial charge is 0.396 e. The number of aliphatic hydroxyl groups is 1. The zero-order valence-corrected chi connectivity index (χ0v) is 13.3. The van der Waals surface area contributed by atoms with Crippen LogP contribution in [0.1, 0.15) is 78.1 Å². The molecular weight excluding hydrogens is 234 g/mol. The second-order valence-electron chi connectivity index (χ2n) is 6.75. The number of aliphatic hydroxyl groups excluding tert-OH is 1. The van der Waals surface area contributed by atoms with Crippen molar-refractivity contribution < 1.29 is 5.11 Å². The van der Waals surface area contributed by atoms with E-state index in [-0.39, 0.29) is 0 Å². The van der Waals surface area contributed by atoms with Crippen molar-refractivity contribution in [1.29, 1.82) is 0 Å². The van der Waals surface area contributed by atoms with E-state index in [0.29, 0.717) is 12.0 Å². The van der Waals surface area contributed by atoms with E-state index in [9.17, 15) is 0 Å². The first kappa shape index (κ1) is 17.0. The Morgan fingerprint density at radius 3 is 2.26 bits per heavy atom. The molecule has 0 spiro atoms. The summed E-state index contributed by atoms with van der Waals surface area (Å²) >= 11 is 0. The maximum atomic E-state index is 8.82. The Balaban J connectivity index is 2.09. The quantitative estimate of drug-likeness (QED) is 0.600. The van der Waals surface area contributed by atoms with E-state index in [0.717, 1.165) is 12.8 Å². The van der Waals surface area contributed by atoms with Gasteiger partial charge in [-0.25, -0.2) is 0 Å². The summed E-state index contributed by atoms with van der Waals surface area (Å²) in [5.41, 5.74) is 0.611. The average molecular weight is 269 g/mol. The van der Waals surface area contributed by atoms with Gasteiger partial charge in [-0.3, -0.25) is 0 Å². The van der Waals surface area contributed by atoms with E-state index in [4.69, 9.17) is 5.11 Å². The van der Waals surface area contributed by atoms with Crippen LogP contribution in [0.5, 0.6) is 0 Å². The lowest BCUT2D eigenvalue weighted by molar-refractivity contribution is 0.105. The van der Waals surface area contributed by atoms with Crippen molar-refractivity contribution >= 4 is 0 Å². The SMILES string of the molecule is CCCCCCCC1(C)CCN(CCCCO)CC1. The van der Waals surface area contributed by atoms with Gasteiger partial charge < -0.3 is 10.0 Å². The van der Waals surface area contributed by atoms with Gasteiger partial charge in [-0.1, -0.05) is 46.0 Å². The second kappa shape index (κ2) is 9.77. The molecule has 0 aliphatic carbocycles. The Hall–Kier alpha value is -0.0800. The van der Waals surface area contributed by atoms with E-state index in [1.165, 1.54) is 71.0 Å². The third-order valence-corrected chi connectivity index (χ3v) is 4.83. The molecule has 0 radical (unpaired) electrons. The second-order valence-corrected chi connectivity index (χ2v) is 6.75. The van der Waals surface area contributed by atoms with Crippen LogP contribution in [0.2, 0.25) is 0 Å². The minimum Gasteiger partial charge on any atom is -0.396 e. The zero-order valence-electron chi connectivity index (χ0n) is 13.3. The van der Waals surface area contributed by atoms with Gasteiger partial charge in [-0.05, 0) is 57.2 Å². The molecule has 1 heterocycles. The van der Waals surface area contributed by atoms with Crippen LogP contribution < -0.4 is 0 Å². The molecule has 1 rings (SSSR count). The minimum absolute atomic E-state index is 0.351. The first-order valence-corrected chi connectivity index (χ1v) is 8.53. The van der Waals surface area contributed by atoms with Crippen molar-refractivity contribution in [2.75, 3.05) is 26.2 Å². The molecular formula is C17H35NO. The fourth-order valence-corrected chi connectivity index (χ4v) is 3.17. The van der Waals surface area contributed by atoms with Gasteiger partial charge in [0.25, 0.3) is 0 Å². The standard InChI is InChI=1S/C17H35NO/c1-3-4-5-6-7-10-17(2)11-14-18(15-12-17)13-8-9-16-19/h19H,3-16H2,1-2H3. The van der Waals surface area contributed by atoms with Crippen LogP contribution in [0.3, 0.4) is 0 Å². The lowest BCUT2D eigenvalue weighted by Crippen LogP contribution is -2.39. The molecule has 1 N–H and O–H groups in total. The number of hydrogen-bond acceptors (Lipinski definition) is 2. The number of likely N-dealkylation sites (tertiary alicyclic amines) is 1. The fourth-order valence-electron chi connectivity index (χ4n) is 3.17. The first-order chi connectivity index (χ1) is 9.20. The lowest BCUT2D eigenvalue weighted by Gasteiger charge is -2.39. The van der Waals surface area contributed by atoms with E-state index >= 15 is 0 Å². The molecule has 0 aromatic carbocycles. The number of rotatable bonds is 10. The van der Waals surface area contributed by atoms with Crippen LogP contribution >= 0.6 is 0 Å². The molecule has 1 aliphatic rings. The van der Waals surface area contributed by atoms with Crippen LogP contribution in [-0.2, 0) is 0 Å². The Kier molecular flexibility index (Phi) is 8.72. The van der Waals surface area contributed by atoms with Crippen LogP contribution in [0, 0.1) is 5.41 Å². The van der Waals surface area contributed by atoms with Gasteiger partial charge >= 0.3 is 0 Å². The molecule has 1 aliphatic heterocycles. The normalized spacial score (nSPS) is 19.7. The highest BCUT2D eigenvalue weighted by molar-refractivity contribution is 4.82. The predicted molar refractivity (Wildman–Crippen MR) is 83.5 cm³/mol. The number of unbranched alkanes of at least 4 members (excludes halogenated alkanes) is 5. The highest BCUT2D eigenvalue weighted by Gasteiger charge is 2.28. The molecule has 2 nitrogen and oxygen atoms in total. The summed E-state index contributed by atoms with van der Waals surface area (Å²) in [6.07, 6.45) is 13.4. The molecule has 0 atom stereocenters. The molecule has 0 amide bonds. The predicted octanol–water partition coefficient (Wildman–Crippen LogP) is 4.22. The molecule has 0 bridgehead atoms. The van der Waals surface area contributed by atoms with Crippen LogP contribution in [0.25, 0.3) is 0 Å². The number of nitrogens with zero attached hydrogens (tertiary/aromatic N) is 1. The van der Waals surface area contributed by atoms with Gasteiger partial charge in [0.15, 0.2) is 0 Å². The highest BCUT2D eigenvalue weighted by Crippen LogP contribution is 2.36. The van der Waals surface area contributed by atoms with E-state index in [2.05, 4.69) is 18.7 Å². The van der Waals surface area contributed by atoms with Gasteiger partial charge in [0.05, 0.1) is 0 Å². The van der Waals surface area contributed by atoms with E-state index < -0.39 is 0 Å². The minimum atomic E-state index is 0.351. The molecule has 0 aromatic rings. The van der Waals surface area contributed by atoms with Crippen molar-refractivity contribution in [2.24, 2.45) is 5.41 Å². The zero-order chi connectivity index (χ0) is 14.0. The third kappa shape index (κ3) is 7.31. The van der Waals surface area contributed by atoms with Gasteiger partial charge in [-0.2, -0.15) is 0 Å². The topological polar surface area (TPSA) is 23.5 Å². The van der Waals surface area contributed by atoms with Crippen molar-refractivity contribution in [2.45, 2.75) is 78.1 Å². The summed E-state index contributed by atoms with van der Waals surface area (Å²) in [6.45, 7) is 8.87. The smallest absolute Gasteiger partial charge is 0.0431 e. The Morgan fingerprint density at radius 1 is 0.947 bits per heavy atom. The molecule has 19 heavy (non-hydrogen) atoms. The highest BCUT2D eigenvalue weighted by atomic mass is 16.2. The summed E-state index contributed by atoms with van der Waals surface area (Å²) in [5.74, 6) is 0. The molecule has 114 valence electrons. The molecule has 0 saturated carbocycles. The fraction of sp³-hybridized carbons (Fsp3) is 1.00. The number of hydrogen-bond donors (Lipinski definition) is 1. The van der Waals surface area contributed by atoms with Crippen molar-refractivity contribution in [3.63, 3.8) is 0 Å². The average Bonchev–Trinajstić information content (AvgIpc) is 2.41. The summed E-state index contributed by atoms with van der Waals surface area (Å²) in [5, 5.41) is 8.82. The van der Waals surface area contributed by atoms with Crippen LogP contribution in [0.4, 0.5) is 0 Å². The summed E-state index contributed by atoms with van der Waals surface area (Å²) in [4.78, 5) is 2.59. The van der Waals surface area contributed by atoms with Crippen molar-refractivity contribution in [3.05, 3.63) is 0 Å². The monoisotopic (exact) mass is 269 g/mol. The Labute approximate surface area is 120 Å².